The van der Waals surface area contributed by atoms with Gasteiger partial charge < -0.3 is 10.5 Å². The van der Waals surface area contributed by atoms with Crippen molar-refractivity contribution in [2.24, 2.45) is 5.92 Å². The molecule has 0 amide bonds. The van der Waals surface area contributed by atoms with E-state index in [0.29, 0.717) is 24.2 Å². The van der Waals surface area contributed by atoms with Crippen molar-refractivity contribution in [2.75, 3.05) is 12.3 Å². The van der Waals surface area contributed by atoms with E-state index in [1.165, 1.54) is 6.33 Å². The van der Waals surface area contributed by atoms with Crippen LogP contribution < -0.4 is 10.5 Å². The summed E-state index contributed by atoms with van der Waals surface area (Å²) in [6.45, 7) is 9.24. The van der Waals surface area contributed by atoms with Gasteiger partial charge >= 0.3 is 0 Å². The Balaban J connectivity index is 2.61. The highest BCUT2D eigenvalue weighted by atomic mass is 16.5. The van der Waals surface area contributed by atoms with E-state index < -0.39 is 0 Å². The number of rotatable bonds is 6. The molecule has 1 heterocycles. The van der Waals surface area contributed by atoms with Crippen molar-refractivity contribution in [1.29, 1.82) is 0 Å². The molecule has 0 aromatic carbocycles. The maximum atomic E-state index is 5.84. The Kier molecular flexibility index (Phi) is 5.19. The second kappa shape index (κ2) is 6.42. The Labute approximate surface area is 104 Å². The van der Waals surface area contributed by atoms with Crippen LogP contribution in [0.4, 0.5) is 5.82 Å². The van der Waals surface area contributed by atoms with Gasteiger partial charge in [0.1, 0.15) is 12.1 Å². The highest BCUT2D eigenvalue weighted by molar-refractivity contribution is 5.46. The van der Waals surface area contributed by atoms with Crippen LogP contribution in [0.1, 0.15) is 52.0 Å². The molecule has 0 radical (unpaired) electrons. The summed E-state index contributed by atoms with van der Waals surface area (Å²) in [4.78, 5) is 8.17. The number of nitrogen functional groups attached to an aromatic ring is 1. The largest absolute Gasteiger partial charge is 0.477 e. The zero-order valence-corrected chi connectivity index (χ0v) is 11.2. The summed E-state index contributed by atoms with van der Waals surface area (Å²) >= 11 is 0. The van der Waals surface area contributed by atoms with E-state index in [0.717, 1.165) is 18.4 Å². The molecule has 17 heavy (non-hydrogen) atoms. The Morgan fingerprint density at radius 1 is 1.24 bits per heavy atom. The lowest BCUT2D eigenvalue weighted by Gasteiger charge is -2.14. The normalized spacial score (nSPS) is 11.2. The predicted octanol–water partition coefficient (Wildman–Crippen LogP) is 3.00. The van der Waals surface area contributed by atoms with E-state index in [1.807, 2.05) is 0 Å². The fourth-order valence-electron chi connectivity index (χ4n) is 1.71. The Morgan fingerprint density at radius 2 is 1.94 bits per heavy atom. The molecule has 4 heteroatoms. The molecule has 0 aliphatic heterocycles. The van der Waals surface area contributed by atoms with Gasteiger partial charge in [-0.05, 0) is 24.7 Å². The van der Waals surface area contributed by atoms with Crippen molar-refractivity contribution >= 4 is 5.82 Å². The SMILES string of the molecule is CC(C)CCCOc1ncnc(N)c1C(C)C. The highest BCUT2D eigenvalue weighted by Crippen LogP contribution is 2.28. The zero-order valence-electron chi connectivity index (χ0n) is 11.2. The number of aromatic nitrogens is 2. The van der Waals surface area contributed by atoms with Gasteiger partial charge in [-0.25, -0.2) is 9.97 Å². The van der Waals surface area contributed by atoms with E-state index in [4.69, 9.17) is 10.5 Å². The number of nitrogens with two attached hydrogens (primary N) is 1. The molecule has 1 aromatic rings. The Hall–Kier alpha value is -1.32. The van der Waals surface area contributed by atoms with Crippen LogP contribution in [-0.2, 0) is 0 Å². The lowest BCUT2D eigenvalue weighted by Crippen LogP contribution is -2.08. The first-order valence-corrected chi connectivity index (χ1v) is 6.25. The van der Waals surface area contributed by atoms with Crippen molar-refractivity contribution in [1.82, 2.24) is 9.97 Å². The van der Waals surface area contributed by atoms with Crippen LogP contribution >= 0.6 is 0 Å². The molecule has 0 saturated carbocycles. The van der Waals surface area contributed by atoms with Crippen molar-refractivity contribution in [3.8, 4) is 5.88 Å². The monoisotopic (exact) mass is 237 g/mol. The maximum Gasteiger partial charge on any atom is 0.222 e. The number of ether oxygens (including phenoxy) is 1. The minimum Gasteiger partial charge on any atom is -0.477 e. The molecular weight excluding hydrogens is 214 g/mol. The number of nitrogens with zero attached hydrogens (tertiary/aromatic N) is 2. The van der Waals surface area contributed by atoms with Gasteiger partial charge in [-0.1, -0.05) is 27.7 Å². The maximum absolute atomic E-state index is 5.84. The molecule has 0 fully saturated rings. The summed E-state index contributed by atoms with van der Waals surface area (Å²) in [6, 6.07) is 0. The van der Waals surface area contributed by atoms with E-state index >= 15 is 0 Å². The molecule has 0 bridgehead atoms. The summed E-state index contributed by atoms with van der Waals surface area (Å²) in [5.74, 6) is 2.14. The van der Waals surface area contributed by atoms with Crippen LogP contribution in [0.15, 0.2) is 6.33 Å². The average molecular weight is 237 g/mol. The van der Waals surface area contributed by atoms with Crippen molar-refractivity contribution in [3.63, 3.8) is 0 Å². The second-order valence-electron chi connectivity index (χ2n) is 5.02. The Bertz CT molecular complexity index is 351. The molecule has 1 aromatic heterocycles. The number of hydrogen-bond donors (Lipinski definition) is 1. The molecular formula is C13H23N3O. The topological polar surface area (TPSA) is 61.0 Å². The van der Waals surface area contributed by atoms with E-state index in [9.17, 15) is 0 Å². The third-order valence-electron chi connectivity index (χ3n) is 2.62. The Morgan fingerprint density at radius 3 is 2.53 bits per heavy atom. The first-order chi connectivity index (χ1) is 8.02. The molecule has 96 valence electrons. The van der Waals surface area contributed by atoms with Gasteiger partial charge in [0, 0.05) is 0 Å². The van der Waals surface area contributed by atoms with Crippen molar-refractivity contribution in [2.45, 2.75) is 46.5 Å². The molecule has 4 nitrogen and oxygen atoms in total. The van der Waals surface area contributed by atoms with Crippen molar-refractivity contribution < 1.29 is 4.74 Å². The second-order valence-corrected chi connectivity index (χ2v) is 5.02. The lowest BCUT2D eigenvalue weighted by atomic mass is 10.1. The van der Waals surface area contributed by atoms with E-state index in [-0.39, 0.29) is 5.92 Å². The van der Waals surface area contributed by atoms with E-state index in [1.54, 1.807) is 0 Å². The van der Waals surface area contributed by atoms with Crippen LogP contribution in [0.25, 0.3) is 0 Å². The summed E-state index contributed by atoms with van der Waals surface area (Å²) in [7, 11) is 0. The van der Waals surface area contributed by atoms with Gasteiger partial charge in [0.2, 0.25) is 5.88 Å². The third kappa shape index (κ3) is 4.21. The third-order valence-corrected chi connectivity index (χ3v) is 2.62. The fraction of sp³-hybridized carbons (Fsp3) is 0.692. The molecule has 1 rings (SSSR count). The summed E-state index contributed by atoms with van der Waals surface area (Å²) in [5.41, 5.74) is 6.76. The molecule has 0 unspecified atom stereocenters. The van der Waals surface area contributed by atoms with Gasteiger partial charge in [0.15, 0.2) is 0 Å². The van der Waals surface area contributed by atoms with Gasteiger partial charge in [-0.2, -0.15) is 0 Å². The standard InChI is InChI=1S/C13H23N3O/c1-9(2)6-5-7-17-13-11(10(3)4)12(14)15-8-16-13/h8-10H,5-7H2,1-4H3,(H2,14,15,16). The lowest BCUT2D eigenvalue weighted by molar-refractivity contribution is 0.283. The summed E-state index contributed by atoms with van der Waals surface area (Å²) in [5, 5.41) is 0. The van der Waals surface area contributed by atoms with Crippen LogP contribution in [0.5, 0.6) is 5.88 Å². The first kappa shape index (κ1) is 13.7. The molecule has 0 spiro atoms. The van der Waals surface area contributed by atoms with Crippen LogP contribution in [-0.4, -0.2) is 16.6 Å². The summed E-state index contributed by atoms with van der Waals surface area (Å²) < 4.78 is 5.70. The number of anilines is 1. The van der Waals surface area contributed by atoms with Gasteiger partial charge in [-0.15, -0.1) is 0 Å². The molecule has 2 N–H and O–H groups in total. The quantitative estimate of drug-likeness (QED) is 0.773. The van der Waals surface area contributed by atoms with Gasteiger partial charge in [-0.3, -0.25) is 0 Å². The van der Waals surface area contributed by atoms with Crippen LogP contribution in [0, 0.1) is 5.92 Å². The average Bonchev–Trinajstić information content (AvgIpc) is 2.23. The zero-order chi connectivity index (χ0) is 12.8. The summed E-state index contributed by atoms with van der Waals surface area (Å²) in [6.07, 6.45) is 3.66. The first-order valence-electron chi connectivity index (χ1n) is 6.25. The molecule has 0 saturated heterocycles. The fourth-order valence-corrected chi connectivity index (χ4v) is 1.71. The number of hydrogen-bond acceptors (Lipinski definition) is 4. The van der Waals surface area contributed by atoms with Gasteiger partial charge in [0.25, 0.3) is 0 Å². The van der Waals surface area contributed by atoms with Crippen molar-refractivity contribution in [3.05, 3.63) is 11.9 Å². The highest BCUT2D eigenvalue weighted by Gasteiger charge is 2.13. The minimum atomic E-state index is 0.274. The van der Waals surface area contributed by atoms with Crippen LogP contribution in [0.3, 0.4) is 0 Å². The minimum absolute atomic E-state index is 0.274. The van der Waals surface area contributed by atoms with Crippen LogP contribution in [0.2, 0.25) is 0 Å². The molecule has 0 aliphatic carbocycles. The van der Waals surface area contributed by atoms with Gasteiger partial charge in [0.05, 0.1) is 12.2 Å². The van der Waals surface area contributed by atoms with E-state index in [2.05, 4.69) is 37.7 Å². The smallest absolute Gasteiger partial charge is 0.222 e. The molecule has 0 atom stereocenters. The predicted molar refractivity (Wildman–Crippen MR) is 70.1 cm³/mol. The molecule has 0 aliphatic rings.